The molecule has 0 radical (unpaired) electrons. The van der Waals surface area contributed by atoms with E-state index in [-0.39, 0.29) is 0 Å². The topological polar surface area (TPSA) is 67.1 Å². The number of nitrogens with zero attached hydrogens (tertiary/aromatic N) is 3. The number of anilines is 2. The highest BCUT2D eigenvalue weighted by Crippen LogP contribution is 2.26. The monoisotopic (exact) mass is 263 g/mol. The Balaban J connectivity index is 1.75. The fourth-order valence-electron chi connectivity index (χ4n) is 2.44. The number of fused-ring (bicyclic) bond motifs is 1. The van der Waals surface area contributed by atoms with Gasteiger partial charge in [-0.2, -0.15) is 4.98 Å². The second-order valence-electron chi connectivity index (χ2n) is 4.87. The molecule has 5 nitrogen and oxygen atoms in total. The van der Waals surface area contributed by atoms with Crippen molar-refractivity contribution in [2.45, 2.75) is 6.42 Å². The van der Waals surface area contributed by atoms with Gasteiger partial charge < -0.3 is 16.0 Å². The van der Waals surface area contributed by atoms with E-state index >= 15 is 0 Å². The van der Waals surface area contributed by atoms with Crippen molar-refractivity contribution >= 4 is 33.3 Å². The average molecular weight is 263 g/mol. The van der Waals surface area contributed by atoms with Gasteiger partial charge in [0.15, 0.2) is 0 Å². The van der Waals surface area contributed by atoms with Crippen molar-refractivity contribution in [3.05, 3.63) is 11.4 Å². The molecule has 1 aliphatic heterocycles. The molecule has 0 bridgehead atoms. The van der Waals surface area contributed by atoms with Gasteiger partial charge in [-0.15, -0.1) is 11.3 Å². The Morgan fingerprint density at radius 2 is 2.44 bits per heavy atom. The predicted molar refractivity (Wildman–Crippen MR) is 75.9 cm³/mol. The largest absolute Gasteiger partial charge is 0.369 e. The summed E-state index contributed by atoms with van der Waals surface area (Å²) in [5.74, 6) is 1.91. The van der Waals surface area contributed by atoms with E-state index in [0.29, 0.717) is 11.9 Å². The predicted octanol–water partition coefficient (Wildman–Crippen LogP) is 1.64. The van der Waals surface area contributed by atoms with Crippen LogP contribution in [-0.2, 0) is 0 Å². The summed E-state index contributed by atoms with van der Waals surface area (Å²) in [6.07, 6.45) is 1.25. The fraction of sp³-hybridized carbons (Fsp3) is 0.500. The Hall–Kier alpha value is -1.40. The maximum atomic E-state index is 5.73. The Morgan fingerprint density at radius 3 is 3.22 bits per heavy atom. The van der Waals surface area contributed by atoms with Gasteiger partial charge in [-0.3, -0.25) is 0 Å². The molecule has 1 saturated heterocycles. The van der Waals surface area contributed by atoms with E-state index < -0.39 is 0 Å². The van der Waals surface area contributed by atoms with E-state index in [4.69, 9.17) is 5.73 Å². The maximum absolute atomic E-state index is 5.73. The van der Waals surface area contributed by atoms with Crippen LogP contribution in [0.15, 0.2) is 11.4 Å². The lowest BCUT2D eigenvalue weighted by atomic mass is 10.1. The standard InChI is InChI=1S/C12H17N5S/c1-17-4-2-8(7-17)6-14-10-9-3-5-18-11(9)16-12(13)15-10/h3,5,8H,2,4,6-7H2,1H3,(H3,13,14,15,16). The van der Waals surface area contributed by atoms with E-state index in [2.05, 4.69) is 27.2 Å². The molecule has 2 aromatic rings. The molecule has 0 amide bonds. The first-order valence-corrected chi connectivity index (χ1v) is 7.03. The Labute approximate surface area is 110 Å². The normalized spacial score (nSPS) is 20.6. The zero-order chi connectivity index (χ0) is 12.5. The first-order chi connectivity index (χ1) is 8.72. The van der Waals surface area contributed by atoms with Gasteiger partial charge in [0.25, 0.3) is 0 Å². The van der Waals surface area contributed by atoms with Gasteiger partial charge in [0.2, 0.25) is 5.95 Å². The molecule has 18 heavy (non-hydrogen) atoms. The quantitative estimate of drug-likeness (QED) is 0.881. The number of rotatable bonds is 3. The first kappa shape index (κ1) is 11.7. The lowest BCUT2D eigenvalue weighted by molar-refractivity contribution is 0.399. The van der Waals surface area contributed by atoms with Crippen LogP contribution in [-0.4, -0.2) is 41.5 Å². The summed E-state index contributed by atoms with van der Waals surface area (Å²) in [5, 5.41) is 6.52. The molecule has 0 aliphatic carbocycles. The van der Waals surface area contributed by atoms with Crippen LogP contribution < -0.4 is 11.1 Å². The Kier molecular flexibility index (Phi) is 3.05. The summed E-state index contributed by atoms with van der Waals surface area (Å²) >= 11 is 1.59. The number of hydrogen-bond acceptors (Lipinski definition) is 6. The minimum absolute atomic E-state index is 0.344. The molecule has 0 saturated carbocycles. The van der Waals surface area contributed by atoms with E-state index in [0.717, 1.165) is 29.1 Å². The molecule has 1 unspecified atom stereocenters. The zero-order valence-electron chi connectivity index (χ0n) is 10.4. The number of nitrogens with one attached hydrogen (secondary N) is 1. The molecule has 0 aromatic carbocycles. The molecule has 1 atom stereocenters. The van der Waals surface area contributed by atoms with Crippen molar-refractivity contribution < 1.29 is 0 Å². The highest BCUT2D eigenvalue weighted by molar-refractivity contribution is 7.16. The summed E-state index contributed by atoms with van der Waals surface area (Å²) in [6.45, 7) is 3.29. The van der Waals surface area contributed by atoms with Gasteiger partial charge >= 0.3 is 0 Å². The van der Waals surface area contributed by atoms with Gasteiger partial charge in [0.1, 0.15) is 10.6 Å². The summed E-state index contributed by atoms with van der Waals surface area (Å²) in [4.78, 5) is 11.8. The lowest BCUT2D eigenvalue weighted by Crippen LogP contribution is -2.19. The van der Waals surface area contributed by atoms with Crippen molar-refractivity contribution in [2.75, 3.05) is 37.7 Å². The maximum Gasteiger partial charge on any atom is 0.223 e. The number of aromatic nitrogens is 2. The number of thiophene rings is 1. The van der Waals surface area contributed by atoms with Gasteiger partial charge in [0, 0.05) is 13.1 Å². The van der Waals surface area contributed by atoms with Crippen molar-refractivity contribution in [3.8, 4) is 0 Å². The molecule has 96 valence electrons. The van der Waals surface area contributed by atoms with Crippen LogP contribution >= 0.6 is 11.3 Å². The number of nitrogens with two attached hydrogens (primary N) is 1. The van der Waals surface area contributed by atoms with Crippen LogP contribution in [0.2, 0.25) is 0 Å². The molecule has 3 N–H and O–H groups in total. The van der Waals surface area contributed by atoms with Crippen LogP contribution in [0.1, 0.15) is 6.42 Å². The van der Waals surface area contributed by atoms with Crippen LogP contribution in [0.3, 0.4) is 0 Å². The molecule has 0 spiro atoms. The number of hydrogen-bond donors (Lipinski definition) is 2. The molecule has 6 heteroatoms. The lowest BCUT2D eigenvalue weighted by Gasteiger charge is -2.12. The smallest absolute Gasteiger partial charge is 0.223 e. The van der Waals surface area contributed by atoms with Gasteiger partial charge in [0.05, 0.1) is 5.39 Å². The summed E-state index contributed by atoms with van der Waals surface area (Å²) in [5.41, 5.74) is 5.73. The van der Waals surface area contributed by atoms with Gasteiger partial charge in [-0.1, -0.05) is 0 Å². The third kappa shape index (κ3) is 2.26. The van der Waals surface area contributed by atoms with Gasteiger partial charge in [-0.25, -0.2) is 4.98 Å². The molecule has 1 fully saturated rings. The third-order valence-electron chi connectivity index (χ3n) is 3.39. The van der Waals surface area contributed by atoms with Crippen LogP contribution in [0.4, 0.5) is 11.8 Å². The molecule has 2 aromatic heterocycles. The second-order valence-corrected chi connectivity index (χ2v) is 5.76. The van der Waals surface area contributed by atoms with Crippen molar-refractivity contribution in [3.63, 3.8) is 0 Å². The van der Waals surface area contributed by atoms with Crippen molar-refractivity contribution in [1.82, 2.24) is 14.9 Å². The second kappa shape index (κ2) is 4.70. The Bertz CT molecular complexity index is 552. The SMILES string of the molecule is CN1CCC(CNc2nc(N)nc3sccc23)C1. The summed E-state index contributed by atoms with van der Waals surface area (Å²) in [7, 11) is 2.17. The van der Waals surface area contributed by atoms with Crippen LogP contribution in [0.25, 0.3) is 10.2 Å². The van der Waals surface area contributed by atoms with Gasteiger partial charge in [-0.05, 0) is 37.4 Å². The molecule has 1 aliphatic rings. The van der Waals surface area contributed by atoms with Crippen LogP contribution in [0, 0.1) is 5.92 Å². The minimum Gasteiger partial charge on any atom is -0.369 e. The van der Waals surface area contributed by atoms with E-state index in [9.17, 15) is 0 Å². The highest BCUT2D eigenvalue weighted by Gasteiger charge is 2.19. The van der Waals surface area contributed by atoms with Crippen molar-refractivity contribution in [2.24, 2.45) is 5.92 Å². The molecule has 3 heterocycles. The first-order valence-electron chi connectivity index (χ1n) is 6.15. The molecular formula is C12H17N5S. The number of nitrogen functional groups attached to an aromatic ring is 1. The zero-order valence-corrected chi connectivity index (χ0v) is 11.2. The van der Waals surface area contributed by atoms with Crippen molar-refractivity contribution in [1.29, 1.82) is 0 Å². The molecular weight excluding hydrogens is 246 g/mol. The summed E-state index contributed by atoms with van der Waals surface area (Å²) in [6, 6.07) is 2.04. The van der Waals surface area contributed by atoms with Crippen LogP contribution in [0.5, 0.6) is 0 Å². The third-order valence-corrected chi connectivity index (χ3v) is 4.20. The minimum atomic E-state index is 0.344. The Morgan fingerprint density at radius 1 is 1.56 bits per heavy atom. The molecule has 3 rings (SSSR count). The fourth-order valence-corrected chi connectivity index (χ4v) is 3.21. The van der Waals surface area contributed by atoms with E-state index in [1.807, 2.05) is 11.4 Å². The number of likely N-dealkylation sites (tertiary alicyclic amines) is 1. The average Bonchev–Trinajstić information content (AvgIpc) is 2.94. The summed E-state index contributed by atoms with van der Waals surface area (Å²) < 4.78 is 0. The van der Waals surface area contributed by atoms with E-state index in [1.165, 1.54) is 13.0 Å². The highest BCUT2D eigenvalue weighted by atomic mass is 32.1. The van der Waals surface area contributed by atoms with E-state index in [1.54, 1.807) is 11.3 Å².